The van der Waals surface area contributed by atoms with Gasteiger partial charge in [0.05, 0.1) is 4.08 Å². The van der Waals surface area contributed by atoms with Crippen LogP contribution in [-0.4, -0.2) is 27.3 Å². The van der Waals surface area contributed by atoms with E-state index in [2.05, 4.69) is 23.5 Å². The van der Waals surface area contributed by atoms with Crippen LogP contribution in [0.2, 0.25) is 0 Å². The van der Waals surface area contributed by atoms with Gasteiger partial charge in [0.15, 0.2) is 0 Å². The predicted molar refractivity (Wildman–Crippen MR) is 52.1 cm³/mol. The molecule has 2 aliphatic rings. The maximum Gasteiger partial charge on any atom is 0.0661 e. The minimum atomic E-state index is 0.403. The fourth-order valence-electron chi connectivity index (χ4n) is 2.10. The Labute approximate surface area is 76.3 Å². The largest absolute Gasteiger partial charge is 0.396 e. The van der Waals surface area contributed by atoms with Crippen molar-refractivity contribution in [3.05, 3.63) is 0 Å². The Morgan fingerprint density at radius 2 is 2.09 bits per heavy atom. The Balaban J connectivity index is 2.09. The van der Waals surface area contributed by atoms with Crippen LogP contribution in [0.1, 0.15) is 19.3 Å². The summed E-state index contributed by atoms with van der Waals surface area (Å²) in [6, 6.07) is 0. The summed E-state index contributed by atoms with van der Waals surface area (Å²) in [5.74, 6) is 3.17. The molecular formula is C8H14OS2. The number of aliphatic hydroxyl groups excluding tert-OH is 1. The maximum atomic E-state index is 9.16. The number of aliphatic hydroxyl groups is 1. The van der Waals surface area contributed by atoms with Crippen molar-refractivity contribution in [2.24, 2.45) is 5.92 Å². The highest BCUT2D eigenvalue weighted by Crippen LogP contribution is 2.57. The number of hydrogen-bond acceptors (Lipinski definition) is 3. The number of hydrogen-bond donors (Lipinski definition) is 1. The fraction of sp³-hybridized carbons (Fsp3) is 1.00. The summed E-state index contributed by atoms with van der Waals surface area (Å²) < 4.78 is 0.439. The van der Waals surface area contributed by atoms with E-state index < -0.39 is 0 Å². The van der Waals surface area contributed by atoms with E-state index in [4.69, 9.17) is 5.11 Å². The van der Waals surface area contributed by atoms with Gasteiger partial charge in [0.2, 0.25) is 0 Å². The fourth-order valence-corrected chi connectivity index (χ4v) is 5.72. The van der Waals surface area contributed by atoms with E-state index in [1.54, 1.807) is 0 Å². The molecule has 0 unspecified atom stereocenters. The topological polar surface area (TPSA) is 20.2 Å². The highest BCUT2D eigenvalue weighted by atomic mass is 32.2. The maximum absolute atomic E-state index is 9.16. The second kappa shape index (κ2) is 3.19. The van der Waals surface area contributed by atoms with E-state index in [-0.39, 0.29) is 0 Å². The van der Waals surface area contributed by atoms with Crippen LogP contribution in [0.5, 0.6) is 0 Å². The molecule has 0 radical (unpaired) electrons. The second-order valence-corrected chi connectivity index (χ2v) is 6.39. The molecule has 2 rings (SSSR count). The standard InChI is InChI=1S/C8H14OS2/c9-6-7-2-1-3-8(7)10-4-5-11-8/h7,9H,1-6H2/t7-/m1/s1. The van der Waals surface area contributed by atoms with E-state index in [9.17, 15) is 0 Å². The van der Waals surface area contributed by atoms with Gasteiger partial charge in [0, 0.05) is 24.0 Å². The molecule has 1 heterocycles. The highest BCUT2D eigenvalue weighted by Gasteiger charge is 2.45. The summed E-state index contributed by atoms with van der Waals surface area (Å²) in [6.07, 6.45) is 3.90. The van der Waals surface area contributed by atoms with E-state index in [0.29, 0.717) is 16.6 Å². The van der Waals surface area contributed by atoms with Gasteiger partial charge in [0.25, 0.3) is 0 Å². The van der Waals surface area contributed by atoms with Crippen LogP contribution in [0.3, 0.4) is 0 Å². The van der Waals surface area contributed by atoms with Crippen molar-refractivity contribution < 1.29 is 5.11 Å². The normalized spacial score (nSPS) is 35.2. The molecule has 0 amide bonds. The van der Waals surface area contributed by atoms with E-state index >= 15 is 0 Å². The van der Waals surface area contributed by atoms with Crippen LogP contribution in [-0.2, 0) is 0 Å². The average Bonchev–Trinajstić information content (AvgIpc) is 2.62. The number of rotatable bonds is 1. The van der Waals surface area contributed by atoms with Crippen LogP contribution in [0, 0.1) is 5.92 Å². The summed E-state index contributed by atoms with van der Waals surface area (Å²) in [6.45, 7) is 0.403. The zero-order chi connectivity index (χ0) is 7.73. The lowest BCUT2D eigenvalue weighted by molar-refractivity contribution is 0.228. The smallest absolute Gasteiger partial charge is 0.0661 e. The average molecular weight is 190 g/mol. The molecule has 1 saturated carbocycles. The van der Waals surface area contributed by atoms with Gasteiger partial charge < -0.3 is 5.11 Å². The van der Waals surface area contributed by atoms with Crippen molar-refractivity contribution in [2.45, 2.75) is 23.3 Å². The van der Waals surface area contributed by atoms with Crippen molar-refractivity contribution in [3.8, 4) is 0 Å². The lowest BCUT2D eigenvalue weighted by Crippen LogP contribution is -2.25. The first-order valence-corrected chi connectivity index (χ1v) is 6.23. The molecule has 3 heteroatoms. The SMILES string of the molecule is OC[C@H]1CCCC12SCCS2. The van der Waals surface area contributed by atoms with Crippen LogP contribution in [0.15, 0.2) is 0 Å². The Hall–Kier alpha value is 0.660. The van der Waals surface area contributed by atoms with Crippen LogP contribution >= 0.6 is 23.5 Å². The van der Waals surface area contributed by atoms with Crippen molar-refractivity contribution in [1.29, 1.82) is 0 Å². The second-order valence-electron chi connectivity index (χ2n) is 3.28. The quantitative estimate of drug-likeness (QED) is 0.682. The van der Waals surface area contributed by atoms with Gasteiger partial charge in [0.1, 0.15) is 0 Å². The molecule has 1 aliphatic heterocycles. The molecule has 64 valence electrons. The molecule has 1 spiro atoms. The highest BCUT2D eigenvalue weighted by molar-refractivity contribution is 8.21. The molecule has 1 aliphatic carbocycles. The third kappa shape index (κ3) is 1.31. The zero-order valence-electron chi connectivity index (χ0n) is 6.58. The summed E-state index contributed by atoms with van der Waals surface area (Å²) in [5.41, 5.74) is 0. The number of thioether (sulfide) groups is 2. The Morgan fingerprint density at radius 3 is 2.73 bits per heavy atom. The van der Waals surface area contributed by atoms with Crippen molar-refractivity contribution >= 4 is 23.5 Å². The minimum Gasteiger partial charge on any atom is -0.396 e. The van der Waals surface area contributed by atoms with Crippen molar-refractivity contribution in [2.75, 3.05) is 18.1 Å². The third-order valence-corrected chi connectivity index (χ3v) is 6.53. The van der Waals surface area contributed by atoms with Gasteiger partial charge in [-0.05, 0) is 12.8 Å². The van der Waals surface area contributed by atoms with Gasteiger partial charge in [-0.3, -0.25) is 0 Å². The molecule has 0 aromatic heterocycles. The third-order valence-electron chi connectivity index (χ3n) is 2.70. The molecule has 1 N–H and O–H groups in total. The molecule has 1 nitrogen and oxygen atoms in total. The summed E-state index contributed by atoms with van der Waals surface area (Å²) in [5, 5.41) is 9.16. The molecule has 1 atom stereocenters. The van der Waals surface area contributed by atoms with Crippen molar-refractivity contribution in [1.82, 2.24) is 0 Å². The van der Waals surface area contributed by atoms with Crippen LogP contribution in [0.4, 0.5) is 0 Å². The van der Waals surface area contributed by atoms with E-state index in [0.717, 1.165) is 0 Å². The molecule has 11 heavy (non-hydrogen) atoms. The van der Waals surface area contributed by atoms with Gasteiger partial charge >= 0.3 is 0 Å². The van der Waals surface area contributed by atoms with Gasteiger partial charge in [-0.2, -0.15) is 0 Å². The van der Waals surface area contributed by atoms with Crippen LogP contribution < -0.4 is 0 Å². The minimum absolute atomic E-state index is 0.403. The summed E-state index contributed by atoms with van der Waals surface area (Å²) in [7, 11) is 0. The van der Waals surface area contributed by atoms with Crippen molar-refractivity contribution in [3.63, 3.8) is 0 Å². The molecular weight excluding hydrogens is 176 g/mol. The zero-order valence-corrected chi connectivity index (χ0v) is 8.22. The van der Waals surface area contributed by atoms with E-state index in [1.165, 1.54) is 30.8 Å². The molecule has 2 fully saturated rings. The predicted octanol–water partition coefficient (Wildman–Crippen LogP) is 1.96. The van der Waals surface area contributed by atoms with Crippen LogP contribution in [0.25, 0.3) is 0 Å². The molecule has 0 aromatic carbocycles. The lowest BCUT2D eigenvalue weighted by Gasteiger charge is -2.27. The Morgan fingerprint density at radius 1 is 1.36 bits per heavy atom. The molecule has 0 bridgehead atoms. The first kappa shape index (κ1) is 8.27. The Bertz CT molecular complexity index is 138. The summed E-state index contributed by atoms with van der Waals surface area (Å²) in [4.78, 5) is 0. The van der Waals surface area contributed by atoms with Gasteiger partial charge in [-0.1, -0.05) is 6.42 Å². The lowest BCUT2D eigenvalue weighted by atomic mass is 10.1. The first-order valence-electron chi connectivity index (χ1n) is 4.26. The van der Waals surface area contributed by atoms with Gasteiger partial charge in [-0.25, -0.2) is 0 Å². The monoisotopic (exact) mass is 190 g/mol. The van der Waals surface area contributed by atoms with E-state index in [1.807, 2.05) is 0 Å². The molecule has 1 saturated heterocycles. The first-order chi connectivity index (χ1) is 5.37. The Kier molecular flexibility index (Phi) is 2.40. The summed E-state index contributed by atoms with van der Waals surface area (Å²) >= 11 is 4.18. The molecule has 0 aromatic rings. The van der Waals surface area contributed by atoms with Gasteiger partial charge in [-0.15, -0.1) is 23.5 Å².